The maximum Gasteiger partial charge on any atom is 0.328 e. The largest absolute Gasteiger partial charge is 0.478 e. The topological polar surface area (TPSA) is 72.3 Å². The SMILES string of the molecule is CCC(=C(c1ccc(C=CC(=O)O)cc1)c1ccc2scnc2c1)c1cccc(Oc2ccccn2)c1. The quantitative estimate of drug-likeness (QED) is 0.171. The summed E-state index contributed by atoms with van der Waals surface area (Å²) in [4.78, 5) is 19.7. The lowest BCUT2D eigenvalue weighted by Gasteiger charge is -2.17. The number of aliphatic carboxylic acids is 1. The smallest absolute Gasteiger partial charge is 0.328 e. The van der Waals surface area contributed by atoms with Crippen LogP contribution in [-0.2, 0) is 4.79 Å². The molecule has 0 bridgehead atoms. The van der Waals surface area contributed by atoms with Crippen LogP contribution in [0.15, 0.2) is 103 Å². The van der Waals surface area contributed by atoms with Crippen molar-refractivity contribution in [2.75, 3.05) is 0 Å². The molecule has 0 amide bonds. The standard InChI is InChI=1S/C31H24N2O3S/c1-2-26(23-6-5-7-25(18-23)36-29-8-3-4-17-32-29)31(24-14-15-28-27(19-24)33-20-37-28)22-12-9-21(10-13-22)11-16-30(34)35/h3-20H,2H2,1H3,(H,34,35). The van der Waals surface area contributed by atoms with Gasteiger partial charge in [0, 0.05) is 18.3 Å². The van der Waals surface area contributed by atoms with Crippen LogP contribution >= 0.6 is 11.3 Å². The first-order valence-electron chi connectivity index (χ1n) is 11.9. The highest BCUT2D eigenvalue weighted by atomic mass is 32.1. The third-order valence-electron chi connectivity index (χ3n) is 5.93. The van der Waals surface area contributed by atoms with Gasteiger partial charge < -0.3 is 9.84 Å². The Morgan fingerprint density at radius 3 is 2.51 bits per heavy atom. The van der Waals surface area contributed by atoms with E-state index >= 15 is 0 Å². The number of aromatic nitrogens is 2. The molecule has 0 radical (unpaired) electrons. The number of carbonyl (C=O) groups is 1. The Labute approximate surface area is 219 Å². The van der Waals surface area contributed by atoms with E-state index in [0.29, 0.717) is 11.6 Å². The van der Waals surface area contributed by atoms with Crippen LogP contribution in [0.25, 0.3) is 27.4 Å². The van der Waals surface area contributed by atoms with Gasteiger partial charge in [-0.25, -0.2) is 14.8 Å². The number of hydrogen-bond donors (Lipinski definition) is 1. The average Bonchev–Trinajstić information content (AvgIpc) is 3.40. The third kappa shape index (κ3) is 5.66. The van der Waals surface area contributed by atoms with Crippen molar-refractivity contribution in [3.63, 3.8) is 0 Å². The zero-order valence-electron chi connectivity index (χ0n) is 20.2. The average molecular weight is 505 g/mol. The van der Waals surface area contributed by atoms with Crippen LogP contribution in [0.2, 0.25) is 0 Å². The highest BCUT2D eigenvalue weighted by Gasteiger charge is 2.15. The van der Waals surface area contributed by atoms with Gasteiger partial charge >= 0.3 is 5.97 Å². The summed E-state index contributed by atoms with van der Waals surface area (Å²) in [6, 6.07) is 27.9. The van der Waals surface area contributed by atoms with E-state index in [1.807, 2.05) is 66.2 Å². The number of benzene rings is 3. The molecule has 5 nitrogen and oxygen atoms in total. The van der Waals surface area contributed by atoms with Crippen molar-refractivity contribution < 1.29 is 14.6 Å². The predicted octanol–water partition coefficient (Wildman–Crippen LogP) is 7.95. The van der Waals surface area contributed by atoms with E-state index in [4.69, 9.17) is 9.84 Å². The Kier molecular flexibility index (Phi) is 7.19. The van der Waals surface area contributed by atoms with Crippen LogP contribution in [0, 0.1) is 0 Å². The van der Waals surface area contributed by atoms with Crippen LogP contribution in [0.4, 0.5) is 0 Å². The second-order valence-corrected chi connectivity index (χ2v) is 9.22. The minimum absolute atomic E-state index is 0.542. The molecule has 2 aromatic heterocycles. The number of rotatable bonds is 8. The van der Waals surface area contributed by atoms with Gasteiger partial charge in [-0.15, -0.1) is 11.3 Å². The van der Waals surface area contributed by atoms with Crippen molar-refractivity contribution in [3.05, 3.63) is 125 Å². The monoisotopic (exact) mass is 504 g/mol. The van der Waals surface area contributed by atoms with Crippen molar-refractivity contribution in [1.82, 2.24) is 9.97 Å². The minimum atomic E-state index is -0.970. The number of ether oxygens (including phenoxy) is 1. The molecule has 0 unspecified atom stereocenters. The fourth-order valence-electron chi connectivity index (χ4n) is 4.26. The van der Waals surface area contributed by atoms with E-state index in [9.17, 15) is 4.79 Å². The van der Waals surface area contributed by atoms with E-state index < -0.39 is 5.97 Å². The third-order valence-corrected chi connectivity index (χ3v) is 6.74. The van der Waals surface area contributed by atoms with Gasteiger partial charge in [0.1, 0.15) is 5.75 Å². The number of hydrogen-bond acceptors (Lipinski definition) is 5. The van der Waals surface area contributed by atoms with E-state index in [-0.39, 0.29) is 0 Å². The van der Waals surface area contributed by atoms with Gasteiger partial charge in [0.25, 0.3) is 0 Å². The number of allylic oxidation sites excluding steroid dienone is 1. The highest BCUT2D eigenvalue weighted by Crippen LogP contribution is 2.37. The molecule has 0 aliphatic rings. The fraction of sp³-hybridized carbons (Fsp3) is 0.0645. The van der Waals surface area contributed by atoms with Crippen LogP contribution in [0.5, 0.6) is 11.6 Å². The van der Waals surface area contributed by atoms with Gasteiger partial charge in [-0.05, 0) is 76.2 Å². The Bertz CT molecular complexity index is 1600. The number of carboxylic acids is 1. The predicted molar refractivity (Wildman–Crippen MR) is 150 cm³/mol. The molecule has 5 aromatic rings. The Morgan fingerprint density at radius 1 is 0.919 bits per heavy atom. The summed E-state index contributed by atoms with van der Waals surface area (Å²) in [5, 5.41) is 8.97. The van der Waals surface area contributed by atoms with Gasteiger partial charge in [-0.1, -0.05) is 55.5 Å². The number of pyridine rings is 1. The van der Waals surface area contributed by atoms with E-state index in [0.717, 1.165) is 56.1 Å². The molecule has 0 aliphatic heterocycles. The van der Waals surface area contributed by atoms with Crippen LogP contribution in [-0.4, -0.2) is 21.0 Å². The summed E-state index contributed by atoms with van der Waals surface area (Å²) >= 11 is 1.62. The van der Waals surface area contributed by atoms with Crippen molar-refractivity contribution in [3.8, 4) is 11.6 Å². The Hall–Kier alpha value is -4.55. The van der Waals surface area contributed by atoms with Crippen LogP contribution in [0.1, 0.15) is 35.6 Å². The number of carboxylic acid groups (broad SMARTS) is 1. The van der Waals surface area contributed by atoms with Crippen molar-refractivity contribution in [2.45, 2.75) is 13.3 Å². The first-order chi connectivity index (χ1) is 18.1. The summed E-state index contributed by atoms with van der Waals surface area (Å²) in [7, 11) is 0. The Morgan fingerprint density at radius 2 is 1.76 bits per heavy atom. The molecule has 5 rings (SSSR count). The molecule has 182 valence electrons. The molecule has 0 spiro atoms. The first-order valence-corrected chi connectivity index (χ1v) is 12.8. The number of fused-ring (bicyclic) bond motifs is 1. The van der Waals surface area contributed by atoms with Gasteiger partial charge in [0.05, 0.1) is 15.7 Å². The zero-order valence-corrected chi connectivity index (χ0v) is 21.0. The molecule has 0 saturated carbocycles. The van der Waals surface area contributed by atoms with Crippen molar-refractivity contribution >= 4 is 44.7 Å². The lowest BCUT2D eigenvalue weighted by Crippen LogP contribution is -1.96. The molecule has 0 fully saturated rings. The first kappa shape index (κ1) is 24.2. The van der Waals surface area contributed by atoms with E-state index in [2.05, 4.69) is 41.2 Å². The zero-order chi connectivity index (χ0) is 25.6. The molecule has 2 heterocycles. The lowest BCUT2D eigenvalue weighted by molar-refractivity contribution is -0.131. The van der Waals surface area contributed by atoms with Gasteiger partial charge in [0.2, 0.25) is 5.88 Å². The summed E-state index contributed by atoms with van der Waals surface area (Å²) in [6.07, 6.45) is 5.24. The minimum Gasteiger partial charge on any atom is -0.478 e. The highest BCUT2D eigenvalue weighted by molar-refractivity contribution is 7.16. The van der Waals surface area contributed by atoms with Crippen molar-refractivity contribution in [1.29, 1.82) is 0 Å². The molecule has 0 aliphatic carbocycles. The second kappa shape index (κ2) is 11.0. The second-order valence-electron chi connectivity index (χ2n) is 8.33. The summed E-state index contributed by atoms with van der Waals surface area (Å²) in [5.74, 6) is 0.286. The van der Waals surface area contributed by atoms with E-state index in [1.165, 1.54) is 0 Å². The maximum atomic E-state index is 10.9. The number of thiazole rings is 1. The lowest BCUT2D eigenvalue weighted by atomic mass is 9.87. The fourth-order valence-corrected chi connectivity index (χ4v) is 4.92. The molecule has 0 atom stereocenters. The van der Waals surface area contributed by atoms with Crippen LogP contribution in [0.3, 0.4) is 0 Å². The van der Waals surface area contributed by atoms with E-state index in [1.54, 1.807) is 23.6 Å². The normalized spacial score (nSPS) is 12.0. The molecule has 0 saturated heterocycles. The molecule has 3 aromatic carbocycles. The van der Waals surface area contributed by atoms with Crippen LogP contribution < -0.4 is 4.74 Å². The molecular formula is C31H24N2O3S. The molecule has 1 N–H and O–H groups in total. The van der Waals surface area contributed by atoms with Crippen molar-refractivity contribution in [2.24, 2.45) is 0 Å². The van der Waals surface area contributed by atoms with Gasteiger partial charge in [-0.2, -0.15) is 0 Å². The summed E-state index contributed by atoms with van der Waals surface area (Å²) < 4.78 is 7.16. The van der Waals surface area contributed by atoms with Gasteiger partial charge in [-0.3, -0.25) is 0 Å². The molecule has 6 heteroatoms. The molecule has 37 heavy (non-hydrogen) atoms. The Balaban J connectivity index is 1.63. The summed E-state index contributed by atoms with van der Waals surface area (Å²) in [5.41, 5.74) is 9.07. The molecular weight excluding hydrogens is 480 g/mol. The number of nitrogens with zero attached hydrogens (tertiary/aromatic N) is 2. The van der Waals surface area contributed by atoms with Gasteiger partial charge in [0.15, 0.2) is 0 Å². The summed E-state index contributed by atoms with van der Waals surface area (Å²) in [6.45, 7) is 2.15. The maximum absolute atomic E-state index is 10.9.